The Hall–Kier alpha value is -1.67. The van der Waals surface area contributed by atoms with Crippen molar-refractivity contribution in [1.29, 1.82) is 0 Å². The first kappa shape index (κ1) is 17.7. The molecule has 0 bridgehead atoms. The molecule has 7 nitrogen and oxygen atoms in total. The smallest absolute Gasteiger partial charge is 0.410 e. The van der Waals surface area contributed by atoms with Gasteiger partial charge in [0, 0.05) is 0 Å². The Kier molecular flexibility index (Phi) is 6.35. The van der Waals surface area contributed by atoms with Crippen LogP contribution in [0.5, 0.6) is 0 Å². The SMILES string of the molecule is CCOC(=O)N1C[C@H](O)[C@H](O)[C@@H](O)[C@H]1COCc1ccccc1. The predicted molar refractivity (Wildman–Crippen MR) is 81.6 cm³/mol. The number of benzene rings is 1. The van der Waals surface area contributed by atoms with Crippen LogP contribution in [0.15, 0.2) is 30.3 Å². The molecule has 1 saturated heterocycles. The molecule has 1 aliphatic rings. The summed E-state index contributed by atoms with van der Waals surface area (Å²) in [5, 5.41) is 29.7. The summed E-state index contributed by atoms with van der Waals surface area (Å²) in [7, 11) is 0. The van der Waals surface area contributed by atoms with Gasteiger partial charge in [0.2, 0.25) is 0 Å². The standard InChI is InChI=1S/C16H23NO6/c1-2-23-16(21)17-8-13(18)15(20)14(19)12(17)10-22-9-11-6-4-3-5-7-11/h3-7,12-15,18-20H,2,8-10H2,1H3/t12-,13+,14+,15+/m1/s1. The van der Waals surface area contributed by atoms with Gasteiger partial charge in [-0.25, -0.2) is 4.79 Å². The van der Waals surface area contributed by atoms with E-state index in [4.69, 9.17) is 9.47 Å². The average molecular weight is 325 g/mol. The largest absolute Gasteiger partial charge is 0.450 e. The summed E-state index contributed by atoms with van der Waals surface area (Å²) in [5.41, 5.74) is 0.959. The lowest BCUT2D eigenvalue weighted by atomic mass is 9.94. The molecule has 1 aliphatic heterocycles. The van der Waals surface area contributed by atoms with Crippen molar-refractivity contribution < 1.29 is 29.6 Å². The van der Waals surface area contributed by atoms with Crippen LogP contribution >= 0.6 is 0 Å². The highest BCUT2D eigenvalue weighted by atomic mass is 16.6. The van der Waals surface area contributed by atoms with Gasteiger partial charge in [-0.3, -0.25) is 4.90 Å². The molecule has 1 heterocycles. The van der Waals surface area contributed by atoms with Crippen LogP contribution in [-0.4, -0.2) is 70.4 Å². The quantitative estimate of drug-likeness (QED) is 0.711. The Bertz CT molecular complexity index is 497. The van der Waals surface area contributed by atoms with Crippen LogP contribution in [0.3, 0.4) is 0 Å². The first-order chi connectivity index (χ1) is 11.0. The Morgan fingerprint density at radius 3 is 2.57 bits per heavy atom. The average Bonchev–Trinajstić information content (AvgIpc) is 2.55. The maximum atomic E-state index is 12.0. The molecule has 0 unspecified atom stereocenters. The van der Waals surface area contributed by atoms with Crippen molar-refractivity contribution in [2.24, 2.45) is 0 Å². The molecular formula is C16H23NO6. The lowest BCUT2D eigenvalue weighted by molar-refractivity contribution is -0.143. The molecule has 7 heteroatoms. The maximum Gasteiger partial charge on any atom is 0.410 e. The summed E-state index contributed by atoms with van der Waals surface area (Å²) in [5.74, 6) is 0. The van der Waals surface area contributed by atoms with E-state index in [1.807, 2.05) is 30.3 Å². The van der Waals surface area contributed by atoms with Crippen molar-refractivity contribution in [1.82, 2.24) is 4.90 Å². The molecule has 0 aromatic heterocycles. The predicted octanol–water partition coefficient (Wildman–Crippen LogP) is 0.127. The number of aliphatic hydroxyl groups is 3. The molecule has 3 N–H and O–H groups in total. The number of piperidine rings is 1. The minimum absolute atomic E-state index is 0.0264. The van der Waals surface area contributed by atoms with Crippen LogP contribution < -0.4 is 0 Å². The summed E-state index contributed by atoms with van der Waals surface area (Å²) >= 11 is 0. The highest BCUT2D eigenvalue weighted by Gasteiger charge is 2.44. The second-order valence-electron chi connectivity index (χ2n) is 5.47. The number of carbonyl (C=O) groups excluding carboxylic acids is 1. The zero-order valence-corrected chi connectivity index (χ0v) is 13.0. The fraction of sp³-hybridized carbons (Fsp3) is 0.562. The van der Waals surface area contributed by atoms with Crippen LogP contribution in [0.4, 0.5) is 4.79 Å². The van der Waals surface area contributed by atoms with E-state index in [9.17, 15) is 20.1 Å². The van der Waals surface area contributed by atoms with E-state index in [-0.39, 0.29) is 19.8 Å². The topological polar surface area (TPSA) is 99.5 Å². The van der Waals surface area contributed by atoms with Gasteiger partial charge >= 0.3 is 6.09 Å². The second kappa shape index (κ2) is 8.26. The molecule has 1 aromatic carbocycles. The van der Waals surface area contributed by atoms with E-state index in [2.05, 4.69) is 0 Å². The number of carbonyl (C=O) groups is 1. The molecule has 0 radical (unpaired) electrons. The van der Waals surface area contributed by atoms with Gasteiger partial charge in [0.15, 0.2) is 0 Å². The maximum absolute atomic E-state index is 12.0. The number of nitrogens with zero attached hydrogens (tertiary/aromatic N) is 1. The van der Waals surface area contributed by atoms with Crippen LogP contribution in [0.25, 0.3) is 0 Å². The molecule has 1 amide bonds. The molecule has 1 fully saturated rings. The summed E-state index contributed by atoms with van der Waals surface area (Å²) in [6.45, 7) is 2.08. The lowest BCUT2D eigenvalue weighted by Crippen LogP contribution is -2.64. The zero-order chi connectivity index (χ0) is 16.8. The number of rotatable bonds is 5. The molecule has 0 saturated carbocycles. The number of likely N-dealkylation sites (tertiary alicyclic amines) is 1. The van der Waals surface area contributed by atoms with Crippen molar-refractivity contribution >= 4 is 6.09 Å². The van der Waals surface area contributed by atoms with Crippen molar-refractivity contribution in [3.63, 3.8) is 0 Å². The van der Waals surface area contributed by atoms with E-state index < -0.39 is 30.4 Å². The lowest BCUT2D eigenvalue weighted by Gasteiger charge is -2.42. The summed E-state index contributed by atoms with van der Waals surface area (Å²) in [6, 6.07) is 8.70. The van der Waals surface area contributed by atoms with Gasteiger partial charge in [0.25, 0.3) is 0 Å². The van der Waals surface area contributed by atoms with E-state index in [0.29, 0.717) is 6.61 Å². The van der Waals surface area contributed by atoms with Crippen molar-refractivity contribution in [3.05, 3.63) is 35.9 Å². The van der Waals surface area contributed by atoms with E-state index in [1.54, 1.807) is 6.92 Å². The zero-order valence-electron chi connectivity index (χ0n) is 13.0. The molecule has 0 aliphatic carbocycles. The molecular weight excluding hydrogens is 302 g/mol. The number of β-amino-alcohol motifs (C(OH)–C–C–N with tert-alkyl or cyclic N) is 1. The Morgan fingerprint density at radius 1 is 1.22 bits per heavy atom. The fourth-order valence-electron chi connectivity index (χ4n) is 2.56. The molecule has 0 spiro atoms. The number of hydrogen-bond acceptors (Lipinski definition) is 6. The highest BCUT2D eigenvalue weighted by molar-refractivity contribution is 5.68. The number of aliphatic hydroxyl groups excluding tert-OH is 3. The Labute approximate surface area is 135 Å². The van der Waals surface area contributed by atoms with E-state index >= 15 is 0 Å². The number of hydrogen-bond donors (Lipinski definition) is 3. The van der Waals surface area contributed by atoms with Crippen molar-refractivity contribution in [2.75, 3.05) is 19.8 Å². The third kappa shape index (κ3) is 4.42. The first-order valence-electron chi connectivity index (χ1n) is 7.63. The molecule has 23 heavy (non-hydrogen) atoms. The summed E-state index contributed by atoms with van der Waals surface area (Å²) < 4.78 is 10.5. The number of ether oxygens (including phenoxy) is 2. The molecule has 2 rings (SSSR count). The van der Waals surface area contributed by atoms with E-state index in [1.165, 1.54) is 4.90 Å². The Balaban J connectivity index is 1.99. The minimum Gasteiger partial charge on any atom is -0.450 e. The highest BCUT2D eigenvalue weighted by Crippen LogP contribution is 2.21. The normalized spacial score (nSPS) is 27.7. The van der Waals surface area contributed by atoms with Crippen molar-refractivity contribution in [3.8, 4) is 0 Å². The first-order valence-corrected chi connectivity index (χ1v) is 7.63. The van der Waals surface area contributed by atoms with Gasteiger partial charge in [-0.05, 0) is 12.5 Å². The molecule has 4 atom stereocenters. The van der Waals surface area contributed by atoms with Gasteiger partial charge < -0.3 is 24.8 Å². The fourth-order valence-corrected chi connectivity index (χ4v) is 2.56. The van der Waals surface area contributed by atoms with Gasteiger partial charge in [0.1, 0.15) is 18.3 Å². The minimum atomic E-state index is -1.33. The summed E-state index contributed by atoms with van der Waals surface area (Å²) in [6.07, 6.45) is -4.50. The Morgan fingerprint density at radius 2 is 1.91 bits per heavy atom. The van der Waals surface area contributed by atoms with Crippen LogP contribution in [-0.2, 0) is 16.1 Å². The third-order valence-electron chi connectivity index (χ3n) is 3.82. The van der Waals surface area contributed by atoms with Gasteiger partial charge in [0.05, 0.1) is 32.4 Å². The molecule has 128 valence electrons. The van der Waals surface area contributed by atoms with Crippen molar-refractivity contribution in [2.45, 2.75) is 37.9 Å². The van der Waals surface area contributed by atoms with Crippen LogP contribution in [0.1, 0.15) is 12.5 Å². The third-order valence-corrected chi connectivity index (χ3v) is 3.82. The molecule has 1 aromatic rings. The van der Waals surface area contributed by atoms with Crippen LogP contribution in [0, 0.1) is 0 Å². The second-order valence-corrected chi connectivity index (χ2v) is 5.47. The van der Waals surface area contributed by atoms with Gasteiger partial charge in [-0.2, -0.15) is 0 Å². The number of amides is 1. The van der Waals surface area contributed by atoms with Gasteiger partial charge in [-0.1, -0.05) is 30.3 Å². The monoisotopic (exact) mass is 325 g/mol. The van der Waals surface area contributed by atoms with Crippen LogP contribution in [0.2, 0.25) is 0 Å². The van der Waals surface area contributed by atoms with Gasteiger partial charge in [-0.15, -0.1) is 0 Å². The summed E-state index contributed by atoms with van der Waals surface area (Å²) in [4.78, 5) is 13.2. The van der Waals surface area contributed by atoms with E-state index in [0.717, 1.165) is 5.56 Å².